The number of sulfone groups is 1. The molecule has 0 aliphatic heterocycles. The summed E-state index contributed by atoms with van der Waals surface area (Å²) >= 11 is 0. The van der Waals surface area contributed by atoms with Gasteiger partial charge in [0, 0.05) is 40.5 Å². The summed E-state index contributed by atoms with van der Waals surface area (Å²) in [5.41, 5.74) is 3.04. The SMILES string of the molecule is CCS(=O)(=O)c1ccc(CNC(=O)c2ccc3c(c2)c2ccccc2n3Cc2ccc(C(F)(F)F)cc2)cc1. The quantitative estimate of drug-likeness (QED) is 0.249. The highest BCUT2D eigenvalue weighted by atomic mass is 32.2. The summed E-state index contributed by atoms with van der Waals surface area (Å²) in [6.07, 6.45) is -4.39. The van der Waals surface area contributed by atoms with E-state index in [-0.39, 0.29) is 23.1 Å². The summed E-state index contributed by atoms with van der Waals surface area (Å²) in [5, 5.41) is 4.67. The molecule has 1 heterocycles. The Hall–Kier alpha value is -4.11. The fourth-order valence-electron chi connectivity index (χ4n) is 4.61. The van der Waals surface area contributed by atoms with Crippen LogP contribution in [0.5, 0.6) is 0 Å². The molecule has 4 aromatic carbocycles. The van der Waals surface area contributed by atoms with Crippen molar-refractivity contribution in [3.63, 3.8) is 0 Å². The van der Waals surface area contributed by atoms with Crippen molar-refractivity contribution in [1.82, 2.24) is 9.88 Å². The summed E-state index contributed by atoms with van der Waals surface area (Å²) in [6, 6.07) is 24.7. The topological polar surface area (TPSA) is 68.2 Å². The first-order chi connectivity index (χ1) is 18.6. The lowest BCUT2D eigenvalue weighted by Gasteiger charge is -2.11. The summed E-state index contributed by atoms with van der Waals surface area (Å²) in [7, 11) is -3.29. The Morgan fingerprint density at radius 1 is 0.821 bits per heavy atom. The monoisotopic (exact) mass is 550 g/mol. The third-order valence-electron chi connectivity index (χ3n) is 6.77. The van der Waals surface area contributed by atoms with E-state index >= 15 is 0 Å². The van der Waals surface area contributed by atoms with Crippen molar-refractivity contribution in [3.05, 3.63) is 113 Å². The van der Waals surface area contributed by atoms with Crippen LogP contribution in [0.2, 0.25) is 0 Å². The van der Waals surface area contributed by atoms with Crippen molar-refractivity contribution in [2.24, 2.45) is 0 Å². The number of nitrogens with one attached hydrogen (secondary N) is 1. The second-order valence-electron chi connectivity index (χ2n) is 9.26. The first kappa shape index (κ1) is 26.5. The van der Waals surface area contributed by atoms with Gasteiger partial charge in [0.1, 0.15) is 0 Å². The van der Waals surface area contributed by atoms with Gasteiger partial charge >= 0.3 is 6.18 Å². The molecule has 0 aliphatic rings. The molecule has 9 heteroatoms. The Balaban J connectivity index is 1.39. The summed E-state index contributed by atoms with van der Waals surface area (Å²) in [5.74, 6) is -0.256. The molecular formula is C30H25F3N2O3S. The number of carbonyl (C=O) groups excluding carboxylic acids is 1. The van der Waals surface area contributed by atoms with Crippen LogP contribution in [0.1, 0.15) is 34.0 Å². The number of hydrogen-bond donors (Lipinski definition) is 1. The van der Waals surface area contributed by atoms with Crippen molar-refractivity contribution in [1.29, 1.82) is 0 Å². The molecule has 0 atom stereocenters. The van der Waals surface area contributed by atoms with Crippen molar-refractivity contribution in [2.75, 3.05) is 5.75 Å². The maximum atomic E-state index is 13.0. The number of alkyl halides is 3. The lowest BCUT2D eigenvalue weighted by molar-refractivity contribution is -0.137. The van der Waals surface area contributed by atoms with Gasteiger partial charge in [0.25, 0.3) is 5.91 Å². The standard InChI is InChI=1S/C30H25F3N2O3S/c1-2-39(37,38)24-14-9-20(10-15-24)18-34-29(36)22-11-16-28-26(17-22)25-5-3-4-6-27(25)35(28)19-21-7-12-23(13-8-21)30(31,32)33/h3-17H,2,18-19H2,1H3,(H,34,36). The molecule has 0 spiro atoms. The predicted molar refractivity (Wildman–Crippen MR) is 145 cm³/mol. The number of aromatic nitrogens is 1. The van der Waals surface area contributed by atoms with Gasteiger partial charge in [-0.2, -0.15) is 13.2 Å². The van der Waals surface area contributed by atoms with Crippen LogP contribution >= 0.6 is 0 Å². The Kier molecular flexibility index (Phi) is 6.94. The number of halogens is 3. The van der Waals surface area contributed by atoms with E-state index in [0.29, 0.717) is 12.1 Å². The number of rotatable bonds is 7. The molecule has 0 unspecified atom stereocenters. The molecular weight excluding hydrogens is 525 g/mol. The third-order valence-corrected chi connectivity index (χ3v) is 8.52. The molecule has 0 aliphatic carbocycles. The Bertz CT molecular complexity index is 1770. The zero-order valence-electron chi connectivity index (χ0n) is 21.0. The van der Waals surface area contributed by atoms with Crippen LogP contribution in [0.25, 0.3) is 21.8 Å². The van der Waals surface area contributed by atoms with Crippen LogP contribution in [0, 0.1) is 0 Å². The van der Waals surface area contributed by atoms with Crippen molar-refractivity contribution in [3.8, 4) is 0 Å². The molecule has 39 heavy (non-hydrogen) atoms. The van der Waals surface area contributed by atoms with E-state index in [0.717, 1.165) is 45.1 Å². The van der Waals surface area contributed by atoms with Gasteiger partial charge in [0.2, 0.25) is 0 Å². The highest BCUT2D eigenvalue weighted by Gasteiger charge is 2.30. The molecule has 0 bridgehead atoms. The summed E-state index contributed by atoms with van der Waals surface area (Å²) < 4.78 is 65.0. The van der Waals surface area contributed by atoms with Crippen molar-refractivity contribution < 1.29 is 26.4 Å². The van der Waals surface area contributed by atoms with E-state index in [1.807, 2.05) is 41.0 Å². The number of fused-ring (bicyclic) bond motifs is 3. The highest BCUT2D eigenvalue weighted by molar-refractivity contribution is 7.91. The second-order valence-corrected chi connectivity index (χ2v) is 11.5. The zero-order chi connectivity index (χ0) is 27.8. The number of amides is 1. The number of benzene rings is 4. The minimum absolute atomic E-state index is 0.0201. The largest absolute Gasteiger partial charge is 0.416 e. The lowest BCUT2D eigenvalue weighted by atomic mass is 10.1. The minimum Gasteiger partial charge on any atom is -0.348 e. The Labute approximate surface area is 223 Å². The minimum atomic E-state index is -4.39. The van der Waals surface area contributed by atoms with E-state index in [4.69, 9.17) is 0 Å². The van der Waals surface area contributed by atoms with Gasteiger partial charge in [-0.05, 0) is 59.7 Å². The molecule has 5 nitrogen and oxygen atoms in total. The smallest absolute Gasteiger partial charge is 0.348 e. The van der Waals surface area contributed by atoms with Gasteiger partial charge in [-0.3, -0.25) is 4.79 Å². The molecule has 1 N–H and O–H groups in total. The zero-order valence-corrected chi connectivity index (χ0v) is 21.8. The fraction of sp³-hybridized carbons (Fsp3) is 0.167. The highest BCUT2D eigenvalue weighted by Crippen LogP contribution is 2.32. The molecule has 1 aromatic heterocycles. The van der Waals surface area contributed by atoms with E-state index < -0.39 is 21.6 Å². The fourth-order valence-corrected chi connectivity index (χ4v) is 5.50. The molecule has 1 amide bonds. The maximum Gasteiger partial charge on any atom is 0.416 e. The van der Waals surface area contributed by atoms with E-state index in [9.17, 15) is 26.4 Å². The van der Waals surface area contributed by atoms with E-state index in [2.05, 4.69) is 5.32 Å². The van der Waals surface area contributed by atoms with Crippen LogP contribution in [0.4, 0.5) is 13.2 Å². The first-order valence-electron chi connectivity index (χ1n) is 12.3. The predicted octanol–water partition coefficient (Wildman–Crippen LogP) is 6.59. The molecule has 5 aromatic rings. The van der Waals surface area contributed by atoms with Crippen LogP contribution in [-0.2, 0) is 29.1 Å². The van der Waals surface area contributed by atoms with Gasteiger partial charge in [-0.1, -0.05) is 49.4 Å². The lowest BCUT2D eigenvalue weighted by Crippen LogP contribution is -2.22. The van der Waals surface area contributed by atoms with Crippen LogP contribution in [-0.4, -0.2) is 24.6 Å². The molecule has 5 rings (SSSR count). The summed E-state index contributed by atoms with van der Waals surface area (Å²) in [4.78, 5) is 13.2. The number of para-hydroxylation sites is 1. The third kappa shape index (κ3) is 5.40. The van der Waals surface area contributed by atoms with Gasteiger partial charge < -0.3 is 9.88 Å². The molecule has 0 saturated heterocycles. The maximum absolute atomic E-state index is 13.0. The number of nitrogens with zero attached hydrogens (tertiary/aromatic N) is 1. The average Bonchev–Trinajstić information content (AvgIpc) is 3.24. The van der Waals surface area contributed by atoms with Gasteiger partial charge in [0.05, 0.1) is 16.2 Å². The summed E-state index contributed by atoms with van der Waals surface area (Å²) in [6.45, 7) is 2.20. The average molecular weight is 551 g/mol. The number of hydrogen-bond acceptors (Lipinski definition) is 3. The van der Waals surface area contributed by atoms with Crippen molar-refractivity contribution in [2.45, 2.75) is 31.1 Å². The first-order valence-corrected chi connectivity index (χ1v) is 14.0. The normalized spacial score (nSPS) is 12.2. The van der Waals surface area contributed by atoms with E-state index in [1.165, 1.54) is 24.3 Å². The second kappa shape index (κ2) is 10.2. The molecule has 0 radical (unpaired) electrons. The van der Waals surface area contributed by atoms with Crippen molar-refractivity contribution >= 4 is 37.6 Å². The number of carbonyl (C=O) groups is 1. The van der Waals surface area contributed by atoms with Gasteiger partial charge in [-0.25, -0.2) is 8.42 Å². The van der Waals surface area contributed by atoms with Gasteiger partial charge in [-0.15, -0.1) is 0 Å². The molecule has 200 valence electrons. The Morgan fingerprint density at radius 2 is 1.46 bits per heavy atom. The molecule has 0 fully saturated rings. The van der Waals surface area contributed by atoms with Crippen LogP contribution in [0.15, 0.2) is 95.9 Å². The molecule has 0 saturated carbocycles. The van der Waals surface area contributed by atoms with Crippen LogP contribution < -0.4 is 5.32 Å². The Morgan fingerprint density at radius 3 is 2.13 bits per heavy atom. The van der Waals surface area contributed by atoms with E-state index in [1.54, 1.807) is 25.1 Å². The van der Waals surface area contributed by atoms with Gasteiger partial charge in [0.15, 0.2) is 9.84 Å². The van der Waals surface area contributed by atoms with Crippen LogP contribution in [0.3, 0.4) is 0 Å².